The summed E-state index contributed by atoms with van der Waals surface area (Å²) in [6, 6.07) is 13.8. The summed E-state index contributed by atoms with van der Waals surface area (Å²) in [5.74, 6) is -0.339. The van der Waals surface area contributed by atoms with Gasteiger partial charge in [0.25, 0.3) is 5.91 Å². The van der Waals surface area contributed by atoms with Gasteiger partial charge in [-0.25, -0.2) is 13.4 Å². The second-order valence-corrected chi connectivity index (χ2v) is 11.3. The minimum atomic E-state index is -3.54. The predicted molar refractivity (Wildman–Crippen MR) is 140 cm³/mol. The summed E-state index contributed by atoms with van der Waals surface area (Å²) >= 11 is 3.55. The van der Waals surface area contributed by atoms with Gasteiger partial charge in [0.2, 0.25) is 0 Å². The van der Waals surface area contributed by atoms with Gasteiger partial charge in [0.15, 0.2) is 15.0 Å². The number of benzene rings is 2. The molecule has 0 aliphatic heterocycles. The first-order valence-electron chi connectivity index (χ1n) is 9.75. The molecule has 0 saturated carbocycles. The first kappa shape index (κ1) is 23.3. The second kappa shape index (κ2) is 9.57. The Hall–Kier alpha value is -2.83. The topological polar surface area (TPSA) is 101 Å². The molecule has 0 fully saturated rings. The Morgan fingerprint density at radius 2 is 1.82 bits per heavy atom. The fourth-order valence-electron chi connectivity index (χ4n) is 3.07. The van der Waals surface area contributed by atoms with E-state index in [4.69, 9.17) is 0 Å². The van der Waals surface area contributed by atoms with Crippen LogP contribution < -0.4 is 10.6 Å². The zero-order chi connectivity index (χ0) is 23.6. The normalized spacial score (nSPS) is 11.2. The molecule has 2 heterocycles. The van der Waals surface area contributed by atoms with E-state index in [-0.39, 0.29) is 10.8 Å². The molecule has 10 heteroatoms. The highest BCUT2D eigenvalue weighted by atomic mass is 127. The molecule has 0 saturated heterocycles. The Kier molecular flexibility index (Phi) is 6.77. The first-order chi connectivity index (χ1) is 15.7. The van der Waals surface area contributed by atoms with Crippen molar-refractivity contribution in [2.45, 2.75) is 11.8 Å². The summed E-state index contributed by atoms with van der Waals surface area (Å²) in [4.78, 5) is 21.5. The number of halogens is 1. The Balaban J connectivity index is 1.64. The van der Waals surface area contributed by atoms with Crippen LogP contribution in [0.4, 0.5) is 16.5 Å². The van der Waals surface area contributed by atoms with E-state index in [1.54, 1.807) is 12.4 Å². The average Bonchev–Trinajstić information content (AvgIpc) is 3.24. The minimum absolute atomic E-state index is 0.0876. The maximum Gasteiger partial charge on any atom is 0.255 e. The molecule has 2 aromatic heterocycles. The molecular formula is C23H19IN4O3S2. The van der Waals surface area contributed by atoms with E-state index in [9.17, 15) is 13.2 Å². The van der Waals surface area contributed by atoms with Gasteiger partial charge >= 0.3 is 0 Å². The number of hydrogen-bond acceptors (Lipinski definition) is 7. The lowest BCUT2D eigenvalue weighted by Crippen LogP contribution is -2.13. The van der Waals surface area contributed by atoms with Crippen molar-refractivity contribution >= 4 is 66.2 Å². The summed E-state index contributed by atoms with van der Waals surface area (Å²) in [6.45, 7) is 1.99. The Morgan fingerprint density at radius 3 is 2.52 bits per heavy atom. The molecule has 0 aliphatic rings. The molecular weight excluding hydrogens is 571 g/mol. The van der Waals surface area contributed by atoms with Crippen LogP contribution in [0.5, 0.6) is 0 Å². The van der Waals surface area contributed by atoms with E-state index < -0.39 is 9.84 Å². The van der Waals surface area contributed by atoms with Gasteiger partial charge in [-0.1, -0.05) is 6.07 Å². The number of nitrogens with zero attached hydrogens (tertiary/aromatic N) is 2. The summed E-state index contributed by atoms with van der Waals surface area (Å²) < 4.78 is 25.7. The monoisotopic (exact) mass is 590 g/mol. The van der Waals surface area contributed by atoms with E-state index >= 15 is 0 Å². The number of aromatic nitrogens is 2. The number of carbonyl (C=O) groups is 1. The Morgan fingerprint density at radius 1 is 1.06 bits per heavy atom. The number of aryl methyl sites for hydroxylation is 1. The SMILES string of the molecule is Cc1ccc(NC(=O)c2ccc(S(C)(=O)=O)c(Nc3nc(-c4ccncc4)cs3)c2)cc1I. The third-order valence-corrected chi connectivity index (χ3v) is 7.87. The molecule has 0 spiro atoms. The zero-order valence-electron chi connectivity index (χ0n) is 17.7. The molecule has 0 radical (unpaired) electrons. The minimum Gasteiger partial charge on any atom is -0.330 e. The smallest absolute Gasteiger partial charge is 0.255 e. The van der Waals surface area contributed by atoms with E-state index in [1.807, 2.05) is 42.6 Å². The van der Waals surface area contributed by atoms with E-state index in [0.29, 0.717) is 22.1 Å². The van der Waals surface area contributed by atoms with Gasteiger partial charge < -0.3 is 10.6 Å². The van der Waals surface area contributed by atoms with Crippen molar-refractivity contribution in [3.63, 3.8) is 0 Å². The third-order valence-electron chi connectivity index (χ3n) is 4.79. The molecule has 4 aromatic rings. The number of anilines is 3. The van der Waals surface area contributed by atoms with Crippen molar-refractivity contribution < 1.29 is 13.2 Å². The summed E-state index contributed by atoms with van der Waals surface area (Å²) in [5.41, 5.74) is 4.05. The number of sulfone groups is 1. The number of pyridine rings is 1. The molecule has 4 rings (SSSR count). The predicted octanol–water partition coefficient (Wildman–Crippen LogP) is 5.52. The van der Waals surface area contributed by atoms with E-state index in [2.05, 4.69) is 43.2 Å². The number of thiazole rings is 1. The van der Waals surface area contributed by atoms with Crippen LogP contribution in [-0.4, -0.2) is 30.5 Å². The number of nitrogens with one attached hydrogen (secondary N) is 2. The van der Waals surface area contributed by atoms with Crippen LogP contribution in [0.1, 0.15) is 15.9 Å². The number of rotatable bonds is 6. The van der Waals surface area contributed by atoms with Gasteiger partial charge in [-0.2, -0.15) is 0 Å². The fraction of sp³-hybridized carbons (Fsp3) is 0.0870. The quantitative estimate of drug-likeness (QED) is 0.287. The van der Waals surface area contributed by atoms with Crippen molar-refractivity contribution in [3.05, 3.63) is 81.0 Å². The molecule has 2 aromatic carbocycles. The average molecular weight is 590 g/mol. The van der Waals surface area contributed by atoms with Crippen LogP contribution >= 0.6 is 33.9 Å². The van der Waals surface area contributed by atoms with Gasteiger partial charge in [0.05, 0.1) is 16.3 Å². The van der Waals surface area contributed by atoms with Crippen LogP contribution in [0.2, 0.25) is 0 Å². The third kappa shape index (κ3) is 5.57. The fourth-order valence-corrected chi connectivity index (χ4v) is 5.14. The highest BCUT2D eigenvalue weighted by Crippen LogP contribution is 2.31. The lowest BCUT2D eigenvalue weighted by molar-refractivity contribution is 0.102. The molecule has 33 heavy (non-hydrogen) atoms. The number of hydrogen-bond donors (Lipinski definition) is 2. The summed E-state index contributed by atoms with van der Waals surface area (Å²) in [6.07, 6.45) is 4.49. The van der Waals surface area contributed by atoms with E-state index in [1.165, 1.54) is 29.5 Å². The number of amides is 1. The molecule has 0 aliphatic carbocycles. The van der Waals surface area contributed by atoms with Crippen molar-refractivity contribution in [2.75, 3.05) is 16.9 Å². The van der Waals surface area contributed by atoms with Gasteiger partial charge in [-0.3, -0.25) is 9.78 Å². The molecule has 168 valence electrons. The lowest BCUT2D eigenvalue weighted by atomic mass is 10.1. The van der Waals surface area contributed by atoms with Crippen LogP contribution in [0, 0.1) is 10.5 Å². The molecule has 0 bridgehead atoms. The van der Waals surface area contributed by atoms with Crippen LogP contribution in [0.3, 0.4) is 0 Å². The first-order valence-corrected chi connectivity index (χ1v) is 13.6. The molecule has 0 atom stereocenters. The van der Waals surface area contributed by atoms with Gasteiger partial charge in [0.1, 0.15) is 0 Å². The Labute approximate surface area is 209 Å². The molecule has 7 nitrogen and oxygen atoms in total. The highest BCUT2D eigenvalue weighted by Gasteiger charge is 2.18. The summed E-state index contributed by atoms with van der Waals surface area (Å²) in [7, 11) is -3.54. The standard InChI is InChI=1S/C23H19IN4O3S2/c1-14-3-5-17(12-18(14)24)26-22(29)16-4-6-21(33(2,30)31)19(11-16)27-23-28-20(13-32-23)15-7-9-25-10-8-15/h3-13H,1-2H3,(H,26,29)(H,27,28). The van der Waals surface area contributed by atoms with Crippen molar-refractivity contribution in [1.29, 1.82) is 0 Å². The Bertz CT molecular complexity index is 1440. The van der Waals surface area contributed by atoms with Crippen molar-refractivity contribution in [2.24, 2.45) is 0 Å². The van der Waals surface area contributed by atoms with Crippen molar-refractivity contribution in [3.8, 4) is 11.3 Å². The molecule has 0 unspecified atom stereocenters. The maximum atomic E-state index is 12.9. The van der Waals surface area contributed by atoms with Gasteiger partial charge in [-0.05, 0) is 77.5 Å². The largest absolute Gasteiger partial charge is 0.330 e. The highest BCUT2D eigenvalue weighted by molar-refractivity contribution is 14.1. The number of carbonyl (C=O) groups excluding carboxylic acids is 1. The molecule has 2 N–H and O–H groups in total. The zero-order valence-corrected chi connectivity index (χ0v) is 21.5. The van der Waals surface area contributed by atoms with Crippen LogP contribution in [-0.2, 0) is 9.84 Å². The van der Waals surface area contributed by atoms with Gasteiger partial charge in [-0.15, -0.1) is 11.3 Å². The van der Waals surface area contributed by atoms with E-state index in [0.717, 1.165) is 26.6 Å². The molecule has 1 amide bonds. The lowest BCUT2D eigenvalue weighted by Gasteiger charge is -2.12. The van der Waals surface area contributed by atoms with Crippen LogP contribution in [0.25, 0.3) is 11.3 Å². The maximum absolute atomic E-state index is 12.9. The van der Waals surface area contributed by atoms with Gasteiger partial charge in [0, 0.05) is 44.4 Å². The summed E-state index contributed by atoms with van der Waals surface area (Å²) in [5, 5.41) is 8.32. The van der Waals surface area contributed by atoms with Crippen LogP contribution in [0.15, 0.2) is 71.2 Å². The van der Waals surface area contributed by atoms with Crippen molar-refractivity contribution in [1.82, 2.24) is 9.97 Å². The second-order valence-electron chi connectivity index (χ2n) is 7.30.